The molecule has 58 valence electrons. The molecule has 1 aliphatic carbocycles. The first-order chi connectivity index (χ1) is 4.88. The Bertz CT molecular complexity index is 282. The first-order valence-electron chi connectivity index (χ1n) is 3.63. The molecule has 0 radical (unpaired) electrons. The molecule has 0 N–H and O–H groups in total. The normalized spacial score (nSPS) is 12.5. The summed E-state index contributed by atoms with van der Waals surface area (Å²) in [6.07, 6.45) is 5.55. The molecule has 0 heteroatoms. The average molecular weight is 146 g/mol. The van der Waals surface area contributed by atoms with Gasteiger partial charge >= 0.3 is 0 Å². The highest BCUT2D eigenvalue weighted by molar-refractivity contribution is 5.62. The Kier molecular flexibility index (Phi) is 2.13. The number of aryl methyl sites for hydroxylation is 1. The van der Waals surface area contributed by atoms with Gasteiger partial charge in [0.05, 0.1) is 0 Å². The van der Waals surface area contributed by atoms with Gasteiger partial charge in [-0.2, -0.15) is 0 Å². The molecule has 1 aromatic carbocycles. The summed E-state index contributed by atoms with van der Waals surface area (Å²) in [6, 6.07) is 6.48. The van der Waals surface area contributed by atoms with Gasteiger partial charge in [-0.15, -0.1) is 0 Å². The third-order valence-corrected chi connectivity index (χ3v) is 2.04. The minimum Gasteiger partial charge on any atom is -0.0795 e. The van der Waals surface area contributed by atoms with E-state index in [0.29, 0.717) is 0 Å². The fraction of sp³-hybridized carbons (Fsp3) is 0.273. The number of fused-ring (bicyclic) bond motifs is 1. The Morgan fingerprint density at radius 1 is 1.27 bits per heavy atom. The van der Waals surface area contributed by atoms with Crippen molar-refractivity contribution in [2.45, 2.75) is 20.8 Å². The lowest BCUT2D eigenvalue weighted by atomic mass is 10.1. The topological polar surface area (TPSA) is 0 Å². The quantitative estimate of drug-likeness (QED) is 0.527. The third kappa shape index (κ3) is 1.21. The molecule has 0 saturated carbocycles. The van der Waals surface area contributed by atoms with Crippen molar-refractivity contribution in [3.8, 4) is 0 Å². The number of allylic oxidation sites excluding steroid dienone is 1. The van der Waals surface area contributed by atoms with Crippen LogP contribution in [0.15, 0.2) is 24.3 Å². The summed E-state index contributed by atoms with van der Waals surface area (Å²) in [5, 5.41) is 0. The Morgan fingerprint density at radius 2 is 2.09 bits per heavy atom. The van der Waals surface area contributed by atoms with Crippen molar-refractivity contribution in [2.24, 2.45) is 0 Å². The molecule has 0 atom stereocenters. The zero-order valence-electron chi connectivity index (χ0n) is 6.09. The van der Waals surface area contributed by atoms with E-state index >= 15 is 0 Å². The van der Waals surface area contributed by atoms with E-state index in [-0.39, 0.29) is 7.43 Å². The first-order valence-corrected chi connectivity index (χ1v) is 3.63. The van der Waals surface area contributed by atoms with Gasteiger partial charge in [0.1, 0.15) is 0 Å². The van der Waals surface area contributed by atoms with Gasteiger partial charge in [0.15, 0.2) is 0 Å². The number of benzene rings is 1. The molecule has 0 fully saturated rings. The van der Waals surface area contributed by atoms with Crippen LogP contribution in [-0.4, -0.2) is 0 Å². The lowest BCUT2D eigenvalue weighted by Gasteiger charge is -2.00. The van der Waals surface area contributed by atoms with Gasteiger partial charge in [0.25, 0.3) is 0 Å². The van der Waals surface area contributed by atoms with Crippen LogP contribution < -0.4 is 0 Å². The third-order valence-electron chi connectivity index (χ3n) is 2.04. The summed E-state index contributed by atoms with van der Waals surface area (Å²) in [7, 11) is 0. The van der Waals surface area contributed by atoms with Crippen molar-refractivity contribution >= 4 is 6.08 Å². The van der Waals surface area contributed by atoms with E-state index in [1.54, 1.807) is 0 Å². The molecule has 0 bridgehead atoms. The molecule has 0 spiro atoms. The highest BCUT2D eigenvalue weighted by Crippen LogP contribution is 2.21. The highest BCUT2D eigenvalue weighted by atomic mass is 14.1. The number of hydrogen-bond acceptors (Lipinski definition) is 0. The maximum atomic E-state index is 2.22. The van der Waals surface area contributed by atoms with Crippen molar-refractivity contribution < 1.29 is 0 Å². The molecule has 0 heterocycles. The van der Waals surface area contributed by atoms with Crippen molar-refractivity contribution in [3.63, 3.8) is 0 Å². The molecule has 0 saturated heterocycles. The van der Waals surface area contributed by atoms with Crippen molar-refractivity contribution in [2.75, 3.05) is 0 Å². The van der Waals surface area contributed by atoms with Crippen LogP contribution in [-0.2, 0) is 6.42 Å². The second-order valence-corrected chi connectivity index (χ2v) is 2.75. The first kappa shape index (κ1) is 8.06. The predicted octanol–water partition coefficient (Wildman–Crippen LogP) is 3.20. The van der Waals surface area contributed by atoms with E-state index in [2.05, 4.69) is 37.3 Å². The summed E-state index contributed by atoms with van der Waals surface area (Å²) in [5.74, 6) is 0. The van der Waals surface area contributed by atoms with Crippen molar-refractivity contribution in [1.82, 2.24) is 0 Å². The molecule has 0 unspecified atom stereocenters. The van der Waals surface area contributed by atoms with Gasteiger partial charge in [-0.3, -0.25) is 0 Å². The van der Waals surface area contributed by atoms with Gasteiger partial charge in [0.2, 0.25) is 0 Å². The zero-order valence-corrected chi connectivity index (χ0v) is 6.09. The van der Waals surface area contributed by atoms with E-state index < -0.39 is 0 Å². The Morgan fingerprint density at radius 3 is 2.82 bits per heavy atom. The van der Waals surface area contributed by atoms with Gasteiger partial charge in [-0.1, -0.05) is 37.8 Å². The van der Waals surface area contributed by atoms with Crippen LogP contribution in [0.2, 0.25) is 0 Å². The minimum atomic E-state index is 0. The SMILES string of the molecule is C.Cc1cccc2c1C=CC2. The molecule has 0 amide bonds. The van der Waals surface area contributed by atoms with Crippen LogP contribution in [0.3, 0.4) is 0 Å². The second kappa shape index (κ2) is 2.91. The van der Waals surface area contributed by atoms with Crippen molar-refractivity contribution in [3.05, 3.63) is 41.0 Å². The molecule has 1 aliphatic rings. The van der Waals surface area contributed by atoms with Crippen LogP contribution in [0.5, 0.6) is 0 Å². The van der Waals surface area contributed by atoms with E-state index in [9.17, 15) is 0 Å². The molecular formula is C11H14. The molecule has 2 rings (SSSR count). The summed E-state index contributed by atoms with van der Waals surface area (Å²) in [5.41, 5.74) is 4.30. The molecule has 11 heavy (non-hydrogen) atoms. The fourth-order valence-corrected chi connectivity index (χ4v) is 1.46. The van der Waals surface area contributed by atoms with E-state index in [1.165, 1.54) is 16.7 Å². The standard InChI is InChI=1S/C10H10.CH4/c1-8-4-2-5-9-6-3-7-10(8)9;/h2-5,7H,6H2,1H3;1H4. The fourth-order valence-electron chi connectivity index (χ4n) is 1.46. The average Bonchev–Trinajstić information content (AvgIpc) is 2.36. The molecule has 0 aliphatic heterocycles. The van der Waals surface area contributed by atoms with Crippen LogP contribution in [0.25, 0.3) is 6.08 Å². The van der Waals surface area contributed by atoms with Crippen LogP contribution in [0.4, 0.5) is 0 Å². The second-order valence-electron chi connectivity index (χ2n) is 2.75. The number of rotatable bonds is 0. The van der Waals surface area contributed by atoms with Crippen LogP contribution in [0, 0.1) is 6.92 Å². The monoisotopic (exact) mass is 146 g/mol. The maximum Gasteiger partial charge on any atom is -0.00881 e. The maximum absolute atomic E-state index is 2.22. The van der Waals surface area contributed by atoms with Crippen LogP contribution in [0.1, 0.15) is 24.1 Å². The van der Waals surface area contributed by atoms with Gasteiger partial charge in [-0.05, 0) is 30.0 Å². The van der Waals surface area contributed by atoms with E-state index in [0.717, 1.165) is 6.42 Å². The summed E-state index contributed by atoms with van der Waals surface area (Å²) >= 11 is 0. The lowest BCUT2D eigenvalue weighted by molar-refractivity contribution is 1.28. The van der Waals surface area contributed by atoms with Gasteiger partial charge in [-0.25, -0.2) is 0 Å². The predicted molar refractivity (Wildman–Crippen MR) is 50.6 cm³/mol. The summed E-state index contributed by atoms with van der Waals surface area (Å²) in [6.45, 7) is 2.16. The van der Waals surface area contributed by atoms with Crippen molar-refractivity contribution in [1.29, 1.82) is 0 Å². The Hall–Kier alpha value is -1.04. The highest BCUT2D eigenvalue weighted by Gasteiger charge is 2.04. The number of hydrogen-bond donors (Lipinski definition) is 0. The van der Waals surface area contributed by atoms with Gasteiger partial charge < -0.3 is 0 Å². The summed E-state index contributed by atoms with van der Waals surface area (Å²) in [4.78, 5) is 0. The lowest BCUT2D eigenvalue weighted by Crippen LogP contribution is -1.83. The Labute approximate surface area is 68.6 Å². The van der Waals surface area contributed by atoms with Crippen LogP contribution >= 0.6 is 0 Å². The molecule has 0 aromatic heterocycles. The molecule has 1 aromatic rings. The Balaban J connectivity index is 0.000000605. The smallest absolute Gasteiger partial charge is 0.00881 e. The van der Waals surface area contributed by atoms with E-state index in [1.807, 2.05) is 0 Å². The minimum absolute atomic E-state index is 0. The largest absolute Gasteiger partial charge is 0.0795 e. The summed E-state index contributed by atoms with van der Waals surface area (Å²) < 4.78 is 0. The zero-order chi connectivity index (χ0) is 6.97. The molecular weight excluding hydrogens is 132 g/mol. The molecule has 0 nitrogen and oxygen atoms in total. The van der Waals surface area contributed by atoms with E-state index in [4.69, 9.17) is 0 Å². The van der Waals surface area contributed by atoms with Gasteiger partial charge in [0, 0.05) is 0 Å².